The van der Waals surface area contributed by atoms with E-state index >= 15 is 0 Å². The van der Waals surface area contributed by atoms with Crippen molar-refractivity contribution in [3.05, 3.63) is 52.8 Å². The summed E-state index contributed by atoms with van der Waals surface area (Å²) in [6.45, 7) is 4.87. The average Bonchev–Trinajstić information content (AvgIpc) is 3.37. The van der Waals surface area contributed by atoms with Crippen LogP contribution in [0, 0.1) is 34.5 Å². The number of hydrogen-bond donors (Lipinski definition) is 0. The molecule has 1 heterocycles. The lowest BCUT2D eigenvalue weighted by molar-refractivity contribution is -0.137. The molecule has 6 rings (SSSR count). The molecule has 0 amide bonds. The lowest BCUT2D eigenvalue weighted by Gasteiger charge is -2.59. The number of rotatable bonds is 2. The number of allylic oxidation sites excluding steroid dienone is 1. The first kappa shape index (κ1) is 21.7. The van der Waals surface area contributed by atoms with Crippen molar-refractivity contribution < 1.29 is 9.21 Å². The first-order valence-electron chi connectivity index (χ1n) is 13.0. The second-order valence-electron chi connectivity index (χ2n) is 11.8. The number of carbonyl (C=O) groups excluding carboxylic acids is 1. The molecule has 4 saturated carbocycles. The molecule has 174 valence electrons. The topological polar surface area (TPSA) is 30.2 Å². The van der Waals surface area contributed by atoms with Crippen LogP contribution in [0.25, 0.3) is 17.4 Å². The van der Waals surface area contributed by atoms with Crippen LogP contribution in [0.4, 0.5) is 0 Å². The van der Waals surface area contributed by atoms with Gasteiger partial charge in [0.1, 0.15) is 11.5 Å². The van der Waals surface area contributed by atoms with Crippen LogP contribution in [0.1, 0.15) is 77.4 Å². The number of Topliss-reactive ketones (excluding diaryl/α,β-unsaturated/α-hetero) is 1. The highest BCUT2D eigenvalue weighted by Crippen LogP contribution is 2.66. The van der Waals surface area contributed by atoms with Crippen LogP contribution in [0.2, 0.25) is 5.02 Å². The van der Waals surface area contributed by atoms with E-state index in [1.54, 1.807) is 0 Å². The maximum absolute atomic E-state index is 13.7. The van der Waals surface area contributed by atoms with Crippen molar-refractivity contribution in [3.63, 3.8) is 0 Å². The number of carbonyl (C=O) groups is 1. The zero-order chi connectivity index (χ0) is 22.8. The number of benzene rings is 1. The quantitative estimate of drug-likeness (QED) is 0.418. The Kier molecular flexibility index (Phi) is 5.18. The van der Waals surface area contributed by atoms with Crippen molar-refractivity contribution >= 4 is 23.5 Å². The second-order valence-corrected chi connectivity index (χ2v) is 12.2. The van der Waals surface area contributed by atoms with Crippen LogP contribution < -0.4 is 0 Å². The predicted molar refractivity (Wildman–Crippen MR) is 134 cm³/mol. The van der Waals surface area contributed by atoms with Gasteiger partial charge >= 0.3 is 0 Å². The number of furan rings is 1. The van der Waals surface area contributed by atoms with Gasteiger partial charge in [0.15, 0.2) is 5.78 Å². The fourth-order valence-corrected chi connectivity index (χ4v) is 8.68. The van der Waals surface area contributed by atoms with Crippen LogP contribution in [0.5, 0.6) is 0 Å². The zero-order valence-electron chi connectivity index (χ0n) is 19.9. The summed E-state index contributed by atoms with van der Waals surface area (Å²) in [6, 6.07) is 11.7. The molecule has 6 unspecified atom stereocenters. The van der Waals surface area contributed by atoms with Crippen LogP contribution >= 0.6 is 11.6 Å². The molecule has 4 aliphatic rings. The number of ketones is 1. The summed E-state index contributed by atoms with van der Waals surface area (Å²) in [7, 11) is 0. The molecule has 6 atom stereocenters. The highest BCUT2D eigenvalue weighted by molar-refractivity contribution is 6.30. The summed E-state index contributed by atoms with van der Waals surface area (Å²) < 4.78 is 6.13. The standard InChI is InChI=1S/C30H35ClO2/c1-29-14-4-3-7-21(29)9-11-24-25(29)13-15-30(2)26(24)18-20(28(30)32)17-23-10-12-27(33-23)19-6-5-8-22(31)16-19/h5-6,8,10,12,16-17,21,24-26H,3-4,7,9,11,13-15,18H2,1-2H3/b20-17+. The number of halogens is 1. The molecule has 0 bridgehead atoms. The molecule has 0 radical (unpaired) electrons. The minimum atomic E-state index is -0.187. The SMILES string of the molecule is CC12CCC3C(CCC4CCCCC43C)C1C/C(=C\c1ccc(-c3cccc(Cl)c3)o1)C2=O. The van der Waals surface area contributed by atoms with Gasteiger partial charge in [0.25, 0.3) is 0 Å². The molecular formula is C30H35ClO2. The van der Waals surface area contributed by atoms with E-state index in [2.05, 4.69) is 13.8 Å². The van der Waals surface area contributed by atoms with Crippen molar-refractivity contribution in [1.29, 1.82) is 0 Å². The molecule has 2 aromatic rings. The molecule has 0 aliphatic heterocycles. The summed E-state index contributed by atoms with van der Waals surface area (Å²) in [6.07, 6.45) is 13.6. The van der Waals surface area contributed by atoms with Crippen molar-refractivity contribution in [1.82, 2.24) is 0 Å². The first-order valence-corrected chi connectivity index (χ1v) is 13.4. The van der Waals surface area contributed by atoms with Crippen molar-refractivity contribution in [2.45, 2.75) is 71.6 Å². The Morgan fingerprint density at radius 1 is 1.00 bits per heavy atom. The lowest BCUT2D eigenvalue weighted by atomic mass is 9.45. The fraction of sp³-hybridized carbons (Fsp3) is 0.567. The normalized spacial score (nSPS) is 39.2. The molecule has 0 spiro atoms. The van der Waals surface area contributed by atoms with E-state index in [9.17, 15) is 4.79 Å². The van der Waals surface area contributed by atoms with Gasteiger partial charge in [-0.2, -0.15) is 0 Å². The van der Waals surface area contributed by atoms with Gasteiger partial charge in [0.2, 0.25) is 0 Å². The minimum Gasteiger partial charge on any atom is -0.457 e. The summed E-state index contributed by atoms with van der Waals surface area (Å²) >= 11 is 6.15. The smallest absolute Gasteiger partial charge is 0.165 e. The number of hydrogen-bond acceptors (Lipinski definition) is 2. The largest absolute Gasteiger partial charge is 0.457 e. The van der Waals surface area contributed by atoms with E-state index in [1.165, 1.54) is 44.9 Å². The third kappa shape index (κ3) is 3.39. The minimum absolute atomic E-state index is 0.187. The van der Waals surface area contributed by atoms with Crippen LogP contribution in [0.15, 0.2) is 46.4 Å². The summed E-state index contributed by atoms with van der Waals surface area (Å²) in [5.74, 6) is 4.87. The first-order chi connectivity index (χ1) is 15.9. The van der Waals surface area contributed by atoms with Gasteiger partial charge in [0, 0.05) is 16.0 Å². The van der Waals surface area contributed by atoms with Gasteiger partial charge in [-0.25, -0.2) is 0 Å². The summed E-state index contributed by atoms with van der Waals surface area (Å²) in [4.78, 5) is 13.7. The van der Waals surface area contributed by atoms with Gasteiger partial charge < -0.3 is 4.42 Å². The Hall–Kier alpha value is -1.80. The van der Waals surface area contributed by atoms with E-state index < -0.39 is 0 Å². The maximum Gasteiger partial charge on any atom is 0.165 e. The molecule has 2 nitrogen and oxygen atoms in total. The summed E-state index contributed by atoms with van der Waals surface area (Å²) in [5.41, 5.74) is 2.26. The van der Waals surface area contributed by atoms with Gasteiger partial charge in [-0.1, -0.05) is 50.4 Å². The Labute approximate surface area is 202 Å². The molecule has 0 N–H and O–H groups in total. The fourth-order valence-electron chi connectivity index (χ4n) is 8.49. The number of fused-ring (bicyclic) bond motifs is 5. The van der Waals surface area contributed by atoms with E-state index in [4.69, 9.17) is 16.0 Å². The Morgan fingerprint density at radius 3 is 2.73 bits per heavy atom. The predicted octanol–water partition coefficient (Wildman–Crippen LogP) is 8.60. The van der Waals surface area contributed by atoms with Gasteiger partial charge in [-0.15, -0.1) is 0 Å². The molecule has 1 aromatic heterocycles. The van der Waals surface area contributed by atoms with Crippen LogP contribution in [-0.4, -0.2) is 5.78 Å². The molecule has 33 heavy (non-hydrogen) atoms. The van der Waals surface area contributed by atoms with Gasteiger partial charge in [-0.05, 0) is 110 Å². The van der Waals surface area contributed by atoms with E-state index in [-0.39, 0.29) is 5.41 Å². The van der Waals surface area contributed by atoms with Gasteiger partial charge in [0.05, 0.1) is 0 Å². The van der Waals surface area contributed by atoms with E-state index in [0.717, 1.165) is 47.3 Å². The Morgan fingerprint density at radius 2 is 1.88 bits per heavy atom. The monoisotopic (exact) mass is 462 g/mol. The van der Waals surface area contributed by atoms with Crippen LogP contribution in [-0.2, 0) is 4.79 Å². The van der Waals surface area contributed by atoms with Crippen molar-refractivity contribution in [3.8, 4) is 11.3 Å². The van der Waals surface area contributed by atoms with Gasteiger partial charge in [-0.3, -0.25) is 4.79 Å². The summed E-state index contributed by atoms with van der Waals surface area (Å²) in [5, 5.41) is 0.697. The lowest BCUT2D eigenvalue weighted by Crippen LogP contribution is -2.52. The molecule has 1 aromatic carbocycles. The Balaban J connectivity index is 1.28. The molecule has 3 heteroatoms. The average molecular weight is 463 g/mol. The Bertz CT molecular complexity index is 1110. The highest BCUT2D eigenvalue weighted by Gasteiger charge is 2.60. The van der Waals surface area contributed by atoms with E-state index in [1.807, 2.05) is 42.5 Å². The van der Waals surface area contributed by atoms with Crippen molar-refractivity contribution in [2.75, 3.05) is 0 Å². The third-order valence-electron chi connectivity index (χ3n) is 10.3. The van der Waals surface area contributed by atoms with Crippen LogP contribution in [0.3, 0.4) is 0 Å². The second kappa shape index (κ2) is 7.87. The molecule has 4 aliphatic carbocycles. The molecule has 4 fully saturated rings. The molecular weight excluding hydrogens is 428 g/mol. The molecule has 0 saturated heterocycles. The zero-order valence-corrected chi connectivity index (χ0v) is 20.7. The maximum atomic E-state index is 13.7. The van der Waals surface area contributed by atoms with E-state index in [0.29, 0.717) is 28.1 Å². The third-order valence-corrected chi connectivity index (χ3v) is 10.5. The van der Waals surface area contributed by atoms with Crippen molar-refractivity contribution in [2.24, 2.45) is 34.5 Å². The highest BCUT2D eigenvalue weighted by atomic mass is 35.5.